The fraction of sp³-hybridized carbons (Fsp3) is 0.364. The molecule has 2 heterocycles. The van der Waals surface area contributed by atoms with Crippen molar-refractivity contribution in [3.05, 3.63) is 30.2 Å². The molecule has 7 heteroatoms. The zero-order chi connectivity index (χ0) is 13.0. The summed E-state index contributed by atoms with van der Waals surface area (Å²) in [7, 11) is 0. The Morgan fingerprint density at radius 3 is 3.17 bits per heavy atom. The number of oxazole rings is 1. The number of hydrogen-bond acceptors (Lipinski definition) is 6. The summed E-state index contributed by atoms with van der Waals surface area (Å²) in [6.45, 7) is 3.93. The third-order valence-corrected chi connectivity index (χ3v) is 2.26. The first kappa shape index (κ1) is 12.2. The largest absolute Gasteiger partial charge is 0.461 e. The molecular weight excluding hydrogens is 236 g/mol. The van der Waals surface area contributed by atoms with Gasteiger partial charge in [0.1, 0.15) is 12.1 Å². The van der Waals surface area contributed by atoms with Gasteiger partial charge in [-0.1, -0.05) is 0 Å². The van der Waals surface area contributed by atoms with Crippen LogP contribution < -0.4 is 5.32 Å². The summed E-state index contributed by atoms with van der Waals surface area (Å²) in [6.07, 6.45) is 4.65. The summed E-state index contributed by atoms with van der Waals surface area (Å²) < 4.78 is 9.95. The number of anilines is 1. The van der Waals surface area contributed by atoms with Gasteiger partial charge in [-0.15, -0.1) is 0 Å². The van der Waals surface area contributed by atoms with Gasteiger partial charge in [-0.3, -0.25) is 0 Å². The number of H-pyrrole nitrogens is 1. The van der Waals surface area contributed by atoms with Crippen LogP contribution in [0.3, 0.4) is 0 Å². The van der Waals surface area contributed by atoms with Gasteiger partial charge in [0, 0.05) is 12.4 Å². The fourth-order valence-corrected chi connectivity index (χ4v) is 1.41. The molecular formula is C11H14N4O3. The summed E-state index contributed by atoms with van der Waals surface area (Å²) >= 11 is 0. The third kappa shape index (κ3) is 2.68. The van der Waals surface area contributed by atoms with Crippen LogP contribution in [0.25, 0.3) is 0 Å². The highest BCUT2D eigenvalue weighted by Crippen LogP contribution is 2.16. The van der Waals surface area contributed by atoms with E-state index >= 15 is 0 Å². The van der Waals surface area contributed by atoms with Crippen molar-refractivity contribution < 1.29 is 13.9 Å². The Morgan fingerprint density at radius 2 is 2.50 bits per heavy atom. The average molecular weight is 250 g/mol. The molecule has 2 aromatic heterocycles. The summed E-state index contributed by atoms with van der Waals surface area (Å²) in [5.41, 5.74) is 0.144. The normalized spacial score (nSPS) is 12.1. The number of ether oxygens (including phenoxy) is 1. The van der Waals surface area contributed by atoms with Crippen LogP contribution in [0, 0.1) is 0 Å². The minimum absolute atomic E-state index is 0.103. The van der Waals surface area contributed by atoms with Crippen molar-refractivity contribution in [3.63, 3.8) is 0 Å². The molecule has 2 N–H and O–H groups in total. The first-order valence-electron chi connectivity index (χ1n) is 5.59. The molecule has 0 aromatic carbocycles. The number of imidazole rings is 1. The Labute approximate surface area is 104 Å². The molecule has 2 rings (SSSR count). The molecule has 0 bridgehead atoms. The lowest BCUT2D eigenvalue weighted by molar-refractivity contribution is 0.0519. The highest BCUT2D eigenvalue weighted by molar-refractivity contribution is 5.87. The van der Waals surface area contributed by atoms with Crippen molar-refractivity contribution in [1.29, 1.82) is 0 Å². The lowest BCUT2D eigenvalue weighted by Gasteiger charge is -2.08. The van der Waals surface area contributed by atoms with Crippen molar-refractivity contribution in [2.75, 3.05) is 11.9 Å². The number of carbonyl (C=O) groups is 1. The molecule has 0 amide bonds. The van der Waals surface area contributed by atoms with E-state index in [0.717, 1.165) is 5.82 Å². The van der Waals surface area contributed by atoms with E-state index in [2.05, 4.69) is 20.3 Å². The Morgan fingerprint density at radius 1 is 1.67 bits per heavy atom. The van der Waals surface area contributed by atoms with E-state index in [1.807, 2.05) is 6.92 Å². The van der Waals surface area contributed by atoms with E-state index in [4.69, 9.17) is 9.15 Å². The third-order valence-electron chi connectivity index (χ3n) is 2.26. The van der Waals surface area contributed by atoms with E-state index < -0.39 is 5.97 Å². The van der Waals surface area contributed by atoms with Gasteiger partial charge < -0.3 is 19.5 Å². The molecule has 1 unspecified atom stereocenters. The van der Waals surface area contributed by atoms with Crippen molar-refractivity contribution >= 4 is 12.0 Å². The van der Waals surface area contributed by atoms with Gasteiger partial charge >= 0.3 is 5.97 Å². The number of nitrogens with zero attached hydrogens (tertiary/aromatic N) is 2. The smallest absolute Gasteiger partial charge is 0.360 e. The standard InChI is InChI=1S/C11H14N4O3/c1-3-17-10(16)8-6-18-11(15-8)14-7(2)9-12-4-5-13-9/h4-7H,3H2,1-2H3,(H,12,13)(H,14,15). The van der Waals surface area contributed by atoms with Gasteiger partial charge in [-0.05, 0) is 13.8 Å². The second-order valence-corrected chi connectivity index (χ2v) is 3.60. The minimum Gasteiger partial charge on any atom is -0.461 e. The molecule has 96 valence electrons. The lowest BCUT2D eigenvalue weighted by atomic mass is 10.3. The van der Waals surface area contributed by atoms with Gasteiger partial charge in [0.25, 0.3) is 6.01 Å². The van der Waals surface area contributed by atoms with Crippen molar-refractivity contribution in [2.45, 2.75) is 19.9 Å². The monoisotopic (exact) mass is 250 g/mol. The van der Waals surface area contributed by atoms with Crippen LogP contribution in [0.4, 0.5) is 6.01 Å². The summed E-state index contributed by atoms with van der Waals surface area (Å²) in [6, 6.07) is 0.149. The molecule has 0 aliphatic carbocycles. The summed E-state index contributed by atoms with van der Waals surface area (Å²) in [4.78, 5) is 22.4. The van der Waals surface area contributed by atoms with Gasteiger partial charge in [-0.2, -0.15) is 4.98 Å². The highest BCUT2D eigenvalue weighted by atomic mass is 16.5. The number of rotatable bonds is 5. The number of carbonyl (C=O) groups excluding carboxylic acids is 1. The topological polar surface area (TPSA) is 93.0 Å². The quantitative estimate of drug-likeness (QED) is 0.785. The number of aromatic nitrogens is 3. The molecule has 2 aromatic rings. The van der Waals surface area contributed by atoms with E-state index in [1.54, 1.807) is 19.3 Å². The van der Waals surface area contributed by atoms with E-state index in [9.17, 15) is 4.79 Å². The molecule has 0 fully saturated rings. The van der Waals surface area contributed by atoms with E-state index in [1.165, 1.54) is 6.26 Å². The molecule has 1 atom stereocenters. The minimum atomic E-state index is -0.500. The number of esters is 1. The fourth-order valence-electron chi connectivity index (χ4n) is 1.41. The molecule has 0 saturated carbocycles. The molecule has 7 nitrogen and oxygen atoms in total. The Hall–Kier alpha value is -2.31. The van der Waals surface area contributed by atoms with Gasteiger partial charge in [-0.25, -0.2) is 9.78 Å². The van der Waals surface area contributed by atoms with Crippen LogP contribution >= 0.6 is 0 Å². The zero-order valence-electron chi connectivity index (χ0n) is 10.1. The van der Waals surface area contributed by atoms with Gasteiger partial charge in [0.05, 0.1) is 12.6 Å². The van der Waals surface area contributed by atoms with Crippen LogP contribution in [0.1, 0.15) is 36.2 Å². The maximum absolute atomic E-state index is 11.4. The lowest BCUT2D eigenvalue weighted by Crippen LogP contribution is -2.09. The van der Waals surface area contributed by atoms with Crippen molar-refractivity contribution in [2.24, 2.45) is 0 Å². The summed E-state index contributed by atoms with van der Waals surface area (Å²) in [5.74, 6) is 0.255. The van der Waals surface area contributed by atoms with E-state index in [-0.39, 0.29) is 17.8 Å². The first-order chi connectivity index (χ1) is 8.70. The number of aromatic amines is 1. The van der Waals surface area contributed by atoms with Crippen LogP contribution in [-0.4, -0.2) is 27.5 Å². The van der Waals surface area contributed by atoms with Gasteiger partial charge in [0.2, 0.25) is 0 Å². The zero-order valence-corrected chi connectivity index (χ0v) is 10.1. The van der Waals surface area contributed by atoms with Crippen LogP contribution in [-0.2, 0) is 4.74 Å². The molecule has 0 aliphatic rings. The van der Waals surface area contributed by atoms with Gasteiger partial charge in [0.15, 0.2) is 5.69 Å². The van der Waals surface area contributed by atoms with Crippen LogP contribution in [0.5, 0.6) is 0 Å². The van der Waals surface area contributed by atoms with Crippen molar-refractivity contribution in [3.8, 4) is 0 Å². The number of nitrogens with one attached hydrogen (secondary N) is 2. The van der Waals surface area contributed by atoms with Crippen LogP contribution in [0.15, 0.2) is 23.1 Å². The number of hydrogen-bond donors (Lipinski definition) is 2. The molecule has 0 saturated heterocycles. The Kier molecular flexibility index (Phi) is 3.61. The highest BCUT2D eigenvalue weighted by Gasteiger charge is 2.15. The predicted molar refractivity (Wildman–Crippen MR) is 63.1 cm³/mol. The first-order valence-corrected chi connectivity index (χ1v) is 5.59. The maximum Gasteiger partial charge on any atom is 0.360 e. The molecule has 18 heavy (non-hydrogen) atoms. The SMILES string of the molecule is CCOC(=O)c1coc(NC(C)c2ncc[nH]2)n1. The van der Waals surface area contributed by atoms with Crippen LogP contribution in [0.2, 0.25) is 0 Å². The second-order valence-electron chi connectivity index (χ2n) is 3.60. The van der Waals surface area contributed by atoms with E-state index in [0.29, 0.717) is 6.61 Å². The molecule has 0 spiro atoms. The Bertz CT molecular complexity index is 506. The maximum atomic E-state index is 11.4. The Balaban J connectivity index is 2.00. The molecule has 0 aliphatic heterocycles. The average Bonchev–Trinajstić information content (AvgIpc) is 2.99. The van der Waals surface area contributed by atoms with Crippen molar-refractivity contribution in [1.82, 2.24) is 15.0 Å². The molecule has 0 radical (unpaired) electrons. The summed E-state index contributed by atoms with van der Waals surface area (Å²) in [5, 5.41) is 2.98. The predicted octanol–water partition coefficient (Wildman–Crippen LogP) is 1.75. The second kappa shape index (κ2) is 5.35.